The maximum atomic E-state index is 12.1. The molecule has 1 saturated carbocycles. The highest BCUT2D eigenvalue weighted by Crippen LogP contribution is 2.29. The van der Waals surface area contributed by atoms with Crippen molar-refractivity contribution in [3.63, 3.8) is 0 Å². The van der Waals surface area contributed by atoms with Crippen LogP contribution in [0.25, 0.3) is 0 Å². The summed E-state index contributed by atoms with van der Waals surface area (Å²) in [5.74, 6) is 0.384. The summed E-state index contributed by atoms with van der Waals surface area (Å²) in [6.07, 6.45) is 3.63. The lowest BCUT2D eigenvalue weighted by molar-refractivity contribution is -0.117. The van der Waals surface area contributed by atoms with Gasteiger partial charge in [-0.25, -0.2) is 4.79 Å². The minimum atomic E-state index is -0.378. The van der Waals surface area contributed by atoms with E-state index in [1.165, 1.54) is 20.0 Å². The van der Waals surface area contributed by atoms with Crippen LogP contribution in [0.3, 0.4) is 0 Å². The van der Waals surface area contributed by atoms with Crippen LogP contribution >= 0.6 is 0 Å². The quantitative estimate of drug-likeness (QED) is 0.750. The van der Waals surface area contributed by atoms with Gasteiger partial charge in [0.25, 0.3) is 0 Å². The number of benzene rings is 1. The molecule has 0 spiro atoms. The molecule has 1 N–H and O–H groups in total. The van der Waals surface area contributed by atoms with E-state index in [2.05, 4.69) is 21.9 Å². The molecule has 1 aromatic rings. The van der Waals surface area contributed by atoms with Gasteiger partial charge in [0.1, 0.15) is 0 Å². The lowest BCUT2D eigenvalue weighted by atomic mass is 10.2. The Labute approximate surface area is 131 Å². The average Bonchev–Trinajstić information content (AvgIpc) is 3.31. The molecule has 0 aromatic heterocycles. The van der Waals surface area contributed by atoms with Crippen molar-refractivity contribution >= 4 is 17.6 Å². The van der Waals surface area contributed by atoms with Crippen LogP contribution in [-0.2, 0) is 9.53 Å². The molecule has 1 amide bonds. The third kappa shape index (κ3) is 5.15. The molecular formula is C17H24N2O3. The summed E-state index contributed by atoms with van der Waals surface area (Å²) in [4.78, 5) is 25.7. The zero-order valence-corrected chi connectivity index (χ0v) is 13.3. The number of carbonyl (C=O) groups is 2. The van der Waals surface area contributed by atoms with Crippen LogP contribution in [0.1, 0.15) is 36.5 Å². The van der Waals surface area contributed by atoms with Gasteiger partial charge in [-0.1, -0.05) is 6.92 Å². The first-order valence-electron chi connectivity index (χ1n) is 7.83. The Balaban J connectivity index is 1.85. The van der Waals surface area contributed by atoms with Crippen LogP contribution in [0.4, 0.5) is 5.69 Å². The Morgan fingerprint density at radius 1 is 1.27 bits per heavy atom. The molecule has 1 fully saturated rings. The standard InChI is InChI=1S/C17H24N2O3/c1-3-10-19(11-13-4-5-13)12-16(20)18-15-8-6-14(7-9-15)17(21)22-2/h6-9,13H,3-5,10-12H2,1-2H3,(H,18,20). The fourth-order valence-corrected chi connectivity index (χ4v) is 2.43. The number of esters is 1. The zero-order chi connectivity index (χ0) is 15.9. The molecule has 2 rings (SSSR count). The van der Waals surface area contributed by atoms with Crippen molar-refractivity contribution < 1.29 is 14.3 Å². The number of amides is 1. The van der Waals surface area contributed by atoms with E-state index in [0.29, 0.717) is 17.8 Å². The van der Waals surface area contributed by atoms with Gasteiger partial charge >= 0.3 is 5.97 Å². The molecule has 0 atom stereocenters. The van der Waals surface area contributed by atoms with Gasteiger partial charge in [0.15, 0.2) is 0 Å². The summed E-state index contributed by atoms with van der Waals surface area (Å²) in [5, 5.41) is 2.88. The number of carbonyl (C=O) groups excluding carboxylic acids is 2. The van der Waals surface area contributed by atoms with Crippen molar-refractivity contribution in [3.05, 3.63) is 29.8 Å². The molecule has 0 heterocycles. The smallest absolute Gasteiger partial charge is 0.337 e. The molecule has 5 heteroatoms. The van der Waals surface area contributed by atoms with Gasteiger partial charge in [0, 0.05) is 12.2 Å². The lowest BCUT2D eigenvalue weighted by Crippen LogP contribution is -2.35. The van der Waals surface area contributed by atoms with E-state index in [0.717, 1.165) is 25.4 Å². The summed E-state index contributed by atoms with van der Waals surface area (Å²) in [5.41, 5.74) is 1.17. The molecule has 1 aliphatic carbocycles. The summed E-state index contributed by atoms with van der Waals surface area (Å²) >= 11 is 0. The lowest BCUT2D eigenvalue weighted by Gasteiger charge is -2.20. The Hall–Kier alpha value is -1.88. The maximum absolute atomic E-state index is 12.1. The summed E-state index contributed by atoms with van der Waals surface area (Å²) in [6.45, 7) is 4.51. The summed E-state index contributed by atoms with van der Waals surface area (Å²) in [7, 11) is 1.35. The van der Waals surface area contributed by atoms with Gasteiger partial charge in [0.2, 0.25) is 5.91 Å². The zero-order valence-electron chi connectivity index (χ0n) is 13.3. The molecule has 0 radical (unpaired) electrons. The number of rotatable bonds is 8. The minimum absolute atomic E-state index is 0.0140. The molecule has 22 heavy (non-hydrogen) atoms. The monoisotopic (exact) mass is 304 g/mol. The van der Waals surface area contributed by atoms with E-state index in [4.69, 9.17) is 0 Å². The molecule has 1 aromatic carbocycles. The highest BCUT2D eigenvalue weighted by molar-refractivity contribution is 5.93. The fraction of sp³-hybridized carbons (Fsp3) is 0.529. The number of anilines is 1. The molecule has 0 aliphatic heterocycles. The Bertz CT molecular complexity index is 509. The topological polar surface area (TPSA) is 58.6 Å². The highest BCUT2D eigenvalue weighted by atomic mass is 16.5. The SMILES string of the molecule is CCCN(CC(=O)Nc1ccc(C(=O)OC)cc1)CC1CC1. The van der Waals surface area contributed by atoms with E-state index < -0.39 is 0 Å². The van der Waals surface area contributed by atoms with Crippen molar-refractivity contribution in [3.8, 4) is 0 Å². The van der Waals surface area contributed by atoms with E-state index in [1.807, 2.05) is 0 Å². The van der Waals surface area contributed by atoms with E-state index in [1.54, 1.807) is 24.3 Å². The summed E-state index contributed by atoms with van der Waals surface area (Å²) in [6, 6.07) is 6.73. The van der Waals surface area contributed by atoms with Crippen LogP contribution in [0.5, 0.6) is 0 Å². The molecule has 120 valence electrons. The Kier molecular flexibility index (Phi) is 5.95. The number of nitrogens with one attached hydrogen (secondary N) is 1. The second kappa shape index (κ2) is 7.94. The van der Waals surface area contributed by atoms with Gasteiger partial charge in [-0.3, -0.25) is 9.69 Å². The second-order valence-corrected chi connectivity index (χ2v) is 5.80. The number of nitrogens with zero attached hydrogens (tertiary/aromatic N) is 1. The third-order valence-corrected chi connectivity index (χ3v) is 3.71. The first-order valence-corrected chi connectivity index (χ1v) is 7.83. The molecule has 5 nitrogen and oxygen atoms in total. The van der Waals surface area contributed by atoms with Gasteiger partial charge < -0.3 is 10.1 Å². The number of hydrogen-bond acceptors (Lipinski definition) is 4. The van der Waals surface area contributed by atoms with Crippen molar-refractivity contribution in [2.24, 2.45) is 5.92 Å². The highest BCUT2D eigenvalue weighted by Gasteiger charge is 2.24. The van der Waals surface area contributed by atoms with Crippen LogP contribution in [0, 0.1) is 5.92 Å². The second-order valence-electron chi connectivity index (χ2n) is 5.80. The van der Waals surface area contributed by atoms with Gasteiger partial charge in [0.05, 0.1) is 19.2 Å². The molecule has 0 saturated heterocycles. The van der Waals surface area contributed by atoms with Crippen LogP contribution in [0.15, 0.2) is 24.3 Å². The predicted molar refractivity (Wildman–Crippen MR) is 85.9 cm³/mol. The normalized spacial score (nSPS) is 14.0. The van der Waals surface area contributed by atoms with Crippen LogP contribution in [0.2, 0.25) is 0 Å². The minimum Gasteiger partial charge on any atom is -0.465 e. The number of ether oxygens (including phenoxy) is 1. The van der Waals surface area contributed by atoms with Crippen molar-refractivity contribution in [1.29, 1.82) is 0 Å². The third-order valence-electron chi connectivity index (χ3n) is 3.71. The molecule has 1 aliphatic rings. The van der Waals surface area contributed by atoms with Crippen molar-refractivity contribution in [2.75, 3.05) is 32.1 Å². The van der Waals surface area contributed by atoms with Gasteiger partial charge in [-0.2, -0.15) is 0 Å². The Morgan fingerprint density at radius 2 is 1.95 bits per heavy atom. The van der Waals surface area contributed by atoms with Gasteiger partial charge in [-0.05, 0) is 56.0 Å². The van der Waals surface area contributed by atoms with E-state index >= 15 is 0 Å². The van der Waals surface area contributed by atoms with Crippen LogP contribution in [-0.4, -0.2) is 43.5 Å². The molecular weight excluding hydrogens is 280 g/mol. The molecule has 0 unspecified atom stereocenters. The number of hydrogen-bond donors (Lipinski definition) is 1. The molecule has 0 bridgehead atoms. The average molecular weight is 304 g/mol. The first-order chi connectivity index (χ1) is 10.6. The predicted octanol–water partition coefficient (Wildman–Crippen LogP) is 2.53. The first kappa shape index (κ1) is 16.5. The van der Waals surface area contributed by atoms with Crippen molar-refractivity contribution in [2.45, 2.75) is 26.2 Å². The maximum Gasteiger partial charge on any atom is 0.337 e. The van der Waals surface area contributed by atoms with Gasteiger partial charge in [-0.15, -0.1) is 0 Å². The van der Waals surface area contributed by atoms with Crippen LogP contribution < -0.4 is 5.32 Å². The number of methoxy groups -OCH3 is 1. The van der Waals surface area contributed by atoms with E-state index in [9.17, 15) is 9.59 Å². The Morgan fingerprint density at radius 3 is 2.50 bits per heavy atom. The summed E-state index contributed by atoms with van der Waals surface area (Å²) < 4.78 is 4.65. The van der Waals surface area contributed by atoms with E-state index in [-0.39, 0.29) is 11.9 Å². The van der Waals surface area contributed by atoms with Crippen molar-refractivity contribution in [1.82, 2.24) is 4.90 Å². The fourth-order valence-electron chi connectivity index (χ4n) is 2.43. The largest absolute Gasteiger partial charge is 0.465 e.